The Morgan fingerprint density at radius 3 is 2.92 bits per heavy atom. The van der Waals surface area contributed by atoms with Gasteiger partial charge in [0.2, 0.25) is 0 Å². The Balaban J connectivity index is 1.47. The van der Waals surface area contributed by atoms with Gasteiger partial charge in [-0.3, -0.25) is 4.99 Å². The number of hydrogen-bond donors (Lipinski definition) is 0. The van der Waals surface area contributed by atoms with E-state index >= 15 is 0 Å². The molecular formula is C20H23N3OS. The van der Waals surface area contributed by atoms with Gasteiger partial charge in [-0.25, -0.2) is 0 Å². The number of benzene rings is 1. The molecule has 0 unspecified atom stereocenters. The molecule has 0 aliphatic carbocycles. The van der Waals surface area contributed by atoms with Crippen molar-refractivity contribution in [3.63, 3.8) is 0 Å². The normalized spacial score (nSPS) is 16.4. The molecule has 2 aromatic heterocycles. The Hall–Kier alpha value is -2.14. The standard InChI is InChI=1S/C20H23N3OS/c1-22-11-4-9-20(22)21-10-13-25-19-15-23(14-16-6-5-12-24-16)18-8-3-2-7-17(18)19/h2-3,5-8,12,15H,4,9-11,13-14H2,1H3. The third kappa shape index (κ3) is 3.61. The predicted octanol–water partition coefficient (Wildman–Crippen LogP) is 4.50. The summed E-state index contributed by atoms with van der Waals surface area (Å²) < 4.78 is 7.78. The number of nitrogens with zero attached hydrogens (tertiary/aromatic N) is 3. The number of aromatic nitrogens is 1. The number of furan rings is 1. The molecule has 3 aromatic rings. The first-order chi connectivity index (χ1) is 12.3. The molecule has 1 aliphatic rings. The van der Waals surface area contributed by atoms with E-state index in [0.717, 1.165) is 37.6 Å². The van der Waals surface area contributed by atoms with Gasteiger partial charge < -0.3 is 13.9 Å². The highest BCUT2D eigenvalue weighted by molar-refractivity contribution is 7.99. The molecule has 1 fully saturated rings. The number of amidine groups is 1. The minimum Gasteiger partial charge on any atom is -0.467 e. The maximum atomic E-state index is 5.51. The molecule has 130 valence electrons. The quantitative estimate of drug-likeness (QED) is 0.483. The van der Waals surface area contributed by atoms with Gasteiger partial charge >= 0.3 is 0 Å². The van der Waals surface area contributed by atoms with E-state index in [9.17, 15) is 0 Å². The lowest BCUT2D eigenvalue weighted by atomic mass is 10.2. The third-order valence-electron chi connectivity index (χ3n) is 4.64. The molecule has 0 radical (unpaired) electrons. The van der Waals surface area contributed by atoms with E-state index in [0.29, 0.717) is 0 Å². The monoisotopic (exact) mass is 353 g/mol. The minimum absolute atomic E-state index is 0.765. The zero-order valence-corrected chi connectivity index (χ0v) is 15.3. The summed E-state index contributed by atoms with van der Waals surface area (Å²) in [5.41, 5.74) is 1.25. The molecule has 25 heavy (non-hydrogen) atoms. The first kappa shape index (κ1) is 16.3. The van der Waals surface area contributed by atoms with Gasteiger partial charge in [-0.05, 0) is 24.6 Å². The van der Waals surface area contributed by atoms with E-state index in [4.69, 9.17) is 9.41 Å². The van der Waals surface area contributed by atoms with Gasteiger partial charge in [-0.2, -0.15) is 0 Å². The second-order valence-electron chi connectivity index (χ2n) is 6.39. The zero-order chi connectivity index (χ0) is 17.1. The van der Waals surface area contributed by atoms with Crippen molar-refractivity contribution >= 4 is 28.5 Å². The molecule has 1 aromatic carbocycles. The molecule has 4 nitrogen and oxygen atoms in total. The second kappa shape index (κ2) is 7.40. The van der Waals surface area contributed by atoms with E-state index in [-0.39, 0.29) is 0 Å². The molecule has 0 bridgehead atoms. The summed E-state index contributed by atoms with van der Waals surface area (Å²) >= 11 is 1.89. The van der Waals surface area contributed by atoms with E-state index < -0.39 is 0 Å². The Labute approximate surface area is 152 Å². The van der Waals surface area contributed by atoms with Crippen molar-refractivity contribution < 1.29 is 4.42 Å². The molecule has 1 saturated heterocycles. The largest absolute Gasteiger partial charge is 0.467 e. The summed E-state index contributed by atoms with van der Waals surface area (Å²) in [6, 6.07) is 12.5. The number of para-hydroxylation sites is 1. The summed E-state index contributed by atoms with van der Waals surface area (Å²) in [5.74, 6) is 3.25. The molecule has 0 N–H and O–H groups in total. The molecule has 0 spiro atoms. The van der Waals surface area contributed by atoms with E-state index in [1.165, 1.54) is 28.1 Å². The number of thioether (sulfide) groups is 1. The third-order valence-corrected chi connectivity index (χ3v) is 5.66. The number of aliphatic imine (C=N–C) groups is 1. The summed E-state index contributed by atoms with van der Waals surface area (Å²) in [4.78, 5) is 8.37. The lowest BCUT2D eigenvalue weighted by molar-refractivity contribution is 0.496. The molecule has 3 heterocycles. The van der Waals surface area contributed by atoms with Gasteiger partial charge in [0, 0.05) is 47.8 Å². The van der Waals surface area contributed by atoms with Crippen LogP contribution < -0.4 is 0 Å². The molecule has 1 aliphatic heterocycles. The van der Waals surface area contributed by atoms with Crippen LogP contribution in [-0.2, 0) is 6.54 Å². The van der Waals surface area contributed by atoms with Crippen molar-refractivity contribution in [2.75, 3.05) is 25.9 Å². The van der Waals surface area contributed by atoms with Crippen LogP contribution in [0.15, 0.2) is 63.2 Å². The van der Waals surface area contributed by atoms with Crippen LogP contribution in [0, 0.1) is 0 Å². The topological polar surface area (TPSA) is 33.7 Å². The summed E-state index contributed by atoms with van der Waals surface area (Å²) in [7, 11) is 2.14. The fourth-order valence-corrected chi connectivity index (χ4v) is 4.29. The first-order valence-electron chi connectivity index (χ1n) is 8.79. The molecule has 5 heteroatoms. The van der Waals surface area contributed by atoms with Gasteiger partial charge in [0.25, 0.3) is 0 Å². The van der Waals surface area contributed by atoms with Gasteiger partial charge in [0.15, 0.2) is 0 Å². The average Bonchev–Trinajstić information content (AvgIpc) is 3.35. The fourth-order valence-electron chi connectivity index (χ4n) is 3.35. The molecule has 4 rings (SSSR count). The van der Waals surface area contributed by atoms with Crippen molar-refractivity contribution in [1.29, 1.82) is 0 Å². The van der Waals surface area contributed by atoms with Gasteiger partial charge in [-0.1, -0.05) is 18.2 Å². The molecular weight excluding hydrogens is 330 g/mol. The molecule has 0 saturated carbocycles. The van der Waals surface area contributed by atoms with Gasteiger partial charge in [-0.15, -0.1) is 11.8 Å². The lowest BCUT2D eigenvalue weighted by Gasteiger charge is -2.10. The van der Waals surface area contributed by atoms with Crippen LogP contribution >= 0.6 is 11.8 Å². The maximum absolute atomic E-state index is 5.51. The summed E-state index contributed by atoms with van der Waals surface area (Å²) in [6.45, 7) is 2.79. The van der Waals surface area contributed by atoms with Crippen molar-refractivity contribution in [1.82, 2.24) is 9.47 Å². The zero-order valence-electron chi connectivity index (χ0n) is 14.5. The van der Waals surface area contributed by atoms with Crippen LogP contribution in [0.25, 0.3) is 10.9 Å². The Bertz CT molecular complexity index is 866. The number of hydrogen-bond acceptors (Lipinski definition) is 3. The summed E-state index contributed by atoms with van der Waals surface area (Å²) in [6.07, 6.45) is 6.34. The highest BCUT2D eigenvalue weighted by atomic mass is 32.2. The van der Waals surface area contributed by atoms with Gasteiger partial charge in [0.05, 0.1) is 25.2 Å². The Kier molecular flexibility index (Phi) is 4.83. The maximum Gasteiger partial charge on any atom is 0.123 e. The Morgan fingerprint density at radius 1 is 1.20 bits per heavy atom. The lowest BCUT2D eigenvalue weighted by Crippen LogP contribution is -2.19. The van der Waals surface area contributed by atoms with Crippen LogP contribution in [0.5, 0.6) is 0 Å². The van der Waals surface area contributed by atoms with Crippen molar-refractivity contribution in [3.8, 4) is 0 Å². The highest BCUT2D eigenvalue weighted by Gasteiger charge is 2.13. The van der Waals surface area contributed by atoms with Crippen LogP contribution in [0.1, 0.15) is 18.6 Å². The van der Waals surface area contributed by atoms with Crippen LogP contribution in [0.2, 0.25) is 0 Å². The molecule has 0 amide bonds. The van der Waals surface area contributed by atoms with Crippen molar-refractivity contribution in [2.45, 2.75) is 24.3 Å². The Morgan fingerprint density at radius 2 is 2.12 bits per heavy atom. The number of fused-ring (bicyclic) bond motifs is 1. The van der Waals surface area contributed by atoms with E-state index in [1.807, 2.05) is 23.9 Å². The van der Waals surface area contributed by atoms with Crippen molar-refractivity contribution in [2.24, 2.45) is 4.99 Å². The smallest absolute Gasteiger partial charge is 0.123 e. The summed E-state index contributed by atoms with van der Waals surface area (Å²) in [5, 5.41) is 1.31. The number of rotatable bonds is 6. The van der Waals surface area contributed by atoms with Gasteiger partial charge in [0.1, 0.15) is 5.76 Å². The average molecular weight is 353 g/mol. The van der Waals surface area contributed by atoms with E-state index in [1.54, 1.807) is 6.26 Å². The first-order valence-corrected chi connectivity index (χ1v) is 9.77. The molecule has 0 atom stereocenters. The van der Waals surface area contributed by atoms with Crippen LogP contribution in [0.4, 0.5) is 0 Å². The van der Waals surface area contributed by atoms with E-state index in [2.05, 4.69) is 47.0 Å². The van der Waals surface area contributed by atoms with Crippen LogP contribution in [-0.4, -0.2) is 41.2 Å². The fraction of sp³-hybridized carbons (Fsp3) is 0.350. The predicted molar refractivity (Wildman–Crippen MR) is 105 cm³/mol. The van der Waals surface area contributed by atoms with Crippen molar-refractivity contribution in [3.05, 3.63) is 54.6 Å². The van der Waals surface area contributed by atoms with Crippen LogP contribution in [0.3, 0.4) is 0 Å². The second-order valence-corrected chi connectivity index (χ2v) is 7.53. The highest BCUT2D eigenvalue weighted by Crippen LogP contribution is 2.30. The number of likely N-dealkylation sites (tertiary alicyclic amines) is 1. The minimum atomic E-state index is 0.765. The SMILES string of the molecule is CN1CCCC1=NCCSc1cn(Cc2ccco2)c2ccccc12.